The van der Waals surface area contributed by atoms with E-state index in [1.807, 2.05) is 12.1 Å². The third kappa shape index (κ3) is 1.96. The van der Waals surface area contributed by atoms with E-state index in [4.69, 9.17) is 0 Å². The Morgan fingerprint density at radius 3 is 2.76 bits per heavy atom. The number of para-hydroxylation sites is 1. The second-order valence-corrected chi connectivity index (χ2v) is 5.73. The summed E-state index contributed by atoms with van der Waals surface area (Å²) in [6.45, 7) is 0. The highest BCUT2D eigenvalue weighted by Gasteiger charge is 2.38. The maximum absolute atomic E-state index is 14.1. The Hall–Kier alpha value is -2.16. The van der Waals surface area contributed by atoms with Gasteiger partial charge in [-0.15, -0.1) is 0 Å². The molecule has 0 spiro atoms. The molecule has 106 valence electrons. The Morgan fingerprint density at radius 1 is 1.05 bits per heavy atom. The van der Waals surface area contributed by atoms with Crippen molar-refractivity contribution in [1.29, 1.82) is 0 Å². The van der Waals surface area contributed by atoms with Crippen LogP contribution >= 0.6 is 0 Å². The summed E-state index contributed by atoms with van der Waals surface area (Å²) in [6, 6.07) is 11.7. The van der Waals surface area contributed by atoms with Crippen LogP contribution in [-0.4, -0.2) is 0 Å². The Labute approximate surface area is 122 Å². The molecule has 0 saturated heterocycles. The summed E-state index contributed by atoms with van der Waals surface area (Å²) < 4.78 is 27.7. The Morgan fingerprint density at radius 2 is 1.90 bits per heavy atom. The van der Waals surface area contributed by atoms with Crippen molar-refractivity contribution < 1.29 is 8.78 Å². The minimum Gasteiger partial charge on any atom is -0.375 e. The van der Waals surface area contributed by atoms with Crippen molar-refractivity contribution >= 4 is 5.69 Å². The van der Waals surface area contributed by atoms with Gasteiger partial charge in [0.15, 0.2) is 0 Å². The lowest BCUT2D eigenvalue weighted by molar-refractivity contribution is 0.419. The Kier molecular flexibility index (Phi) is 2.81. The van der Waals surface area contributed by atoms with Gasteiger partial charge in [-0.1, -0.05) is 36.4 Å². The van der Waals surface area contributed by atoms with Crippen molar-refractivity contribution in [1.82, 2.24) is 0 Å². The average Bonchev–Trinajstić information content (AvgIpc) is 2.96. The highest BCUT2D eigenvalue weighted by Crippen LogP contribution is 2.50. The van der Waals surface area contributed by atoms with Crippen molar-refractivity contribution in [3.05, 3.63) is 77.4 Å². The zero-order valence-corrected chi connectivity index (χ0v) is 11.4. The first-order valence-corrected chi connectivity index (χ1v) is 7.21. The van der Waals surface area contributed by atoms with Gasteiger partial charge in [-0.2, -0.15) is 0 Å². The monoisotopic (exact) mass is 283 g/mol. The van der Waals surface area contributed by atoms with Gasteiger partial charge >= 0.3 is 0 Å². The number of anilines is 1. The second kappa shape index (κ2) is 4.69. The van der Waals surface area contributed by atoms with Crippen LogP contribution in [0.5, 0.6) is 0 Å². The maximum Gasteiger partial charge on any atom is 0.146 e. The highest BCUT2D eigenvalue weighted by atomic mass is 19.1. The molecular formula is C18H15F2N. The minimum atomic E-state index is -0.254. The first kappa shape index (κ1) is 12.6. The zero-order valence-electron chi connectivity index (χ0n) is 11.4. The SMILES string of the molecule is Fc1cccc([C@@H]2Nc3c(F)cccc3[C@H]3C=CC[C@H]32)c1. The molecule has 21 heavy (non-hydrogen) atoms. The summed E-state index contributed by atoms with van der Waals surface area (Å²) in [5, 5.41) is 3.30. The van der Waals surface area contributed by atoms with Crippen LogP contribution in [0.1, 0.15) is 29.5 Å². The molecule has 2 aliphatic rings. The first-order chi connectivity index (χ1) is 10.2. The lowest BCUT2D eigenvalue weighted by Gasteiger charge is -2.37. The lowest BCUT2D eigenvalue weighted by Crippen LogP contribution is -2.29. The van der Waals surface area contributed by atoms with Crippen LogP contribution in [0.2, 0.25) is 0 Å². The number of halogens is 2. The molecule has 1 N–H and O–H groups in total. The van der Waals surface area contributed by atoms with Crippen LogP contribution in [0.25, 0.3) is 0 Å². The van der Waals surface area contributed by atoms with Crippen molar-refractivity contribution in [2.24, 2.45) is 5.92 Å². The molecule has 4 rings (SSSR count). The number of allylic oxidation sites excluding steroid dienone is 2. The van der Waals surface area contributed by atoms with E-state index in [9.17, 15) is 8.78 Å². The molecule has 0 unspecified atom stereocenters. The van der Waals surface area contributed by atoms with Gasteiger partial charge in [-0.3, -0.25) is 0 Å². The maximum atomic E-state index is 14.1. The standard InChI is InChI=1S/C18H15F2N/c19-12-5-1-4-11(10-12)17-14-7-2-6-13(14)15-8-3-9-16(20)18(15)21-17/h1-6,8-10,13-14,17,21H,7H2/t13-,14+,17-/m0/s1. The minimum absolute atomic E-state index is 0.0647. The summed E-state index contributed by atoms with van der Waals surface area (Å²) in [6.07, 6.45) is 5.22. The molecule has 1 nitrogen and oxygen atoms in total. The molecule has 0 fully saturated rings. The molecular weight excluding hydrogens is 268 g/mol. The molecule has 3 atom stereocenters. The van der Waals surface area contributed by atoms with Gasteiger partial charge in [0, 0.05) is 5.92 Å². The van der Waals surface area contributed by atoms with Crippen LogP contribution in [0.3, 0.4) is 0 Å². The number of fused-ring (bicyclic) bond motifs is 3. The van der Waals surface area contributed by atoms with Crippen LogP contribution in [0.15, 0.2) is 54.6 Å². The normalized spacial score (nSPS) is 26.1. The van der Waals surface area contributed by atoms with Crippen molar-refractivity contribution in [2.45, 2.75) is 18.4 Å². The first-order valence-electron chi connectivity index (χ1n) is 7.21. The van der Waals surface area contributed by atoms with Crippen LogP contribution < -0.4 is 5.32 Å². The summed E-state index contributed by atoms with van der Waals surface area (Å²) in [7, 11) is 0. The molecule has 1 heterocycles. The Bertz CT molecular complexity index is 723. The predicted octanol–water partition coefficient (Wildman–Crippen LogP) is 4.79. The zero-order chi connectivity index (χ0) is 14.4. The van der Waals surface area contributed by atoms with E-state index in [0.717, 1.165) is 17.5 Å². The van der Waals surface area contributed by atoms with E-state index in [1.54, 1.807) is 18.2 Å². The van der Waals surface area contributed by atoms with Crippen LogP contribution in [-0.2, 0) is 0 Å². The quantitative estimate of drug-likeness (QED) is 0.742. The Balaban J connectivity index is 1.83. The van der Waals surface area contributed by atoms with Crippen molar-refractivity contribution in [3.63, 3.8) is 0 Å². The van der Waals surface area contributed by atoms with Crippen LogP contribution in [0.4, 0.5) is 14.5 Å². The highest BCUT2D eigenvalue weighted by molar-refractivity contribution is 5.60. The van der Waals surface area contributed by atoms with E-state index >= 15 is 0 Å². The fraction of sp³-hybridized carbons (Fsp3) is 0.222. The summed E-state index contributed by atoms with van der Waals surface area (Å²) in [4.78, 5) is 0. The lowest BCUT2D eigenvalue weighted by atomic mass is 9.77. The summed E-state index contributed by atoms with van der Waals surface area (Å²) in [5.74, 6) is 0.00936. The number of hydrogen-bond donors (Lipinski definition) is 1. The number of nitrogens with one attached hydrogen (secondary N) is 1. The third-order valence-corrected chi connectivity index (χ3v) is 4.55. The third-order valence-electron chi connectivity index (χ3n) is 4.55. The molecule has 2 aromatic rings. The largest absolute Gasteiger partial charge is 0.375 e. The smallest absolute Gasteiger partial charge is 0.146 e. The van der Waals surface area contributed by atoms with Gasteiger partial charge in [0.25, 0.3) is 0 Å². The van der Waals surface area contributed by atoms with Crippen molar-refractivity contribution in [3.8, 4) is 0 Å². The second-order valence-electron chi connectivity index (χ2n) is 5.73. The topological polar surface area (TPSA) is 12.0 Å². The summed E-state index contributed by atoms with van der Waals surface area (Å²) in [5.41, 5.74) is 2.43. The van der Waals surface area contributed by atoms with Gasteiger partial charge in [0.05, 0.1) is 11.7 Å². The van der Waals surface area contributed by atoms with Gasteiger partial charge in [-0.25, -0.2) is 8.78 Å². The van der Waals surface area contributed by atoms with E-state index < -0.39 is 0 Å². The van der Waals surface area contributed by atoms with E-state index in [1.165, 1.54) is 12.1 Å². The van der Waals surface area contributed by atoms with Gasteiger partial charge < -0.3 is 5.32 Å². The fourth-order valence-corrected chi connectivity index (χ4v) is 3.61. The molecule has 3 heteroatoms. The molecule has 2 aromatic carbocycles. The molecule has 1 aliphatic carbocycles. The number of benzene rings is 2. The van der Waals surface area contributed by atoms with E-state index in [0.29, 0.717) is 11.6 Å². The molecule has 0 aromatic heterocycles. The van der Waals surface area contributed by atoms with Crippen molar-refractivity contribution in [2.75, 3.05) is 5.32 Å². The fourth-order valence-electron chi connectivity index (χ4n) is 3.61. The number of rotatable bonds is 1. The van der Waals surface area contributed by atoms with Gasteiger partial charge in [0.1, 0.15) is 11.6 Å². The predicted molar refractivity (Wildman–Crippen MR) is 79.2 cm³/mol. The van der Waals surface area contributed by atoms with E-state index in [-0.39, 0.29) is 23.6 Å². The molecule has 0 amide bonds. The van der Waals surface area contributed by atoms with E-state index in [2.05, 4.69) is 17.5 Å². The van der Waals surface area contributed by atoms with Gasteiger partial charge in [0.2, 0.25) is 0 Å². The average molecular weight is 283 g/mol. The van der Waals surface area contributed by atoms with Crippen LogP contribution in [0, 0.1) is 17.6 Å². The summed E-state index contributed by atoms with van der Waals surface area (Å²) >= 11 is 0. The molecule has 0 bridgehead atoms. The number of hydrogen-bond acceptors (Lipinski definition) is 1. The molecule has 0 saturated carbocycles. The molecule has 1 aliphatic heterocycles. The molecule has 0 radical (unpaired) electrons. The van der Waals surface area contributed by atoms with Gasteiger partial charge in [-0.05, 0) is 41.7 Å².